The molecule has 1 amide bonds. The van der Waals surface area contributed by atoms with Gasteiger partial charge in [0.25, 0.3) is 0 Å². The van der Waals surface area contributed by atoms with E-state index in [0.29, 0.717) is 25.6 Å². The summed E-state index contributed by atoms with van der Waals surface area (Å²) in [7, 11) is 0. The highest BCUT2D eigenvalue weighted by Crippen LogP contribution is 2.29. The van der Waals surface area contributed by atoms with E-state index in [4.69, 9.17) is 0 Å². The predicted octanol–water partition coefficient (Wildman–Crippen LogP) is 2.12. The van der Waals surface area contributed by atoms with E-state index < -0.39 is 12.0 Å². The van der Waals surface area contributed by atoms with Gasteiger partial charge in [0.2, 0.25) is 5.91 Å². The normalized spacial score (nSPS) is 21.8. The van der Waals surface area contributed by atoms with Crippen LogP contribution in [-0.4, -0.2) is 52.0 Å². The molecule has 1 unspecified atom stereocenters. The molecule has 0 bridgehead atoms. The van der Waals surface area contributed by atoms with Crippen LogP contribution in [0.5, 0.6) is 0 Å². The summed E-state index contributed by atoms with van der Waals surface area (Å²) >= 11 is 0. The Morgan fingerprint density at radius 3 is 2.52 bits per heavy atom. The molecule has 2 aliphatic rings. The second kappa shape index (κ2) is 7.13. The average Bonchev–Trinajstić information content (AvgIpc) is 3.38. The summed E-state index contributed by atoms with van der Waals surface area (Å²) in [4.78, 5) is 27.9. The number of likely N-dealkylation sites (tertiary alicyclic amines) is 1. The number of benzene rings is 1. The molecule has 1 N–H and O–H groups in total. The number of amides is 1. The molecule has 1 aliphatic carbocycles. The van der Waals surface area contributed by atoms with E-state index in [0.717, 1.165) is 31.2 Å². The number of nitrogens with zero attached hydrogens (tertiary/aromatic N) is 2. The molecule has 2 fully saturated rings. The fourth-order valence-corrected chi connectivity index (χ4v) is 3.31. The van der Waals surface area contributed by atoms with Crippen LogP contribution < -0.4 is 0 Å². The van der Waals surface area contributed by atoms with E-state index >= 15 is 0 Å². The van der Waals surface area contributed by atoms with Crippen molar-refractivity contribution in [3.05, 3.63) is 35.9 Å². The first-order chi connectivity index (χ1) is 11.1. The van der Waals surface area contributed by atoms with Crippen LogP contribution in [0, 0.1) is 0 Å². The molecule has 0 aromatic heterocycles. The van der Waals surface area contributed by atoms with Crippen molar-refractivity contribution in [1.29, 1.82) is 0 Å². The Labute approximate surface area is 136 Å². The molecular weight excluding hydrogens is 292 g/mol. The zero-order valence-corrected chi connectivity index (χ0v) is 13.4. The Kier molecular flexibility index (Phi) is 4.96. The third kappa shape index (κ3) is 4.10. The van der Waals surface area contributed by atoms with Gasteiger partial charge in [0.15, 0.2) is 0 Å². The van der Waals surface area contributed by atoms with Crippen LogP contribution in [0.2, 0.25) is 0 Å². The van der Waals surface area contributed by atoms with Gasteiger partial charge in [-0.05, 0) is 37.8 Å². The lowest BCUT2D eigenvalue weighted by molar-refractivity contribution is -0.146. The zero-order valence-electron chi connectivity index (χ0n) is 13.4. The van der Waals surface area contributed by atoms with Crippen molar-refractivity contribution < 1.29 is 14.7 Å². The first kappa shape index (κ1) is 16.0. The number of rotatable bonds is 6. The van der Waals surface area contributed by atoms with Gasteiger partial charge in [-0.15, -0.1) is 0 Å². The molecule has 1 atom stereocenters. The van der Waals surface area contributed by atoms with Crippen LogP contribution >= 0.6 is 0 Å². The maximum atomic E-state index is 12.8. The van der Waals surface area contributed by atoms with Crippen molar-refractivity contribution in [3.8, 4) is 0 Å². The first-order valence-corrected chi connectivity index (χ1v) is 8.45. The third-order valence-electron chi connectivity index (χ3n) is 4.74. The fraction of sp³-hybridized carbons (Fsp3) is 0.556. The maximum absolute atomic E-state index is 12.8. The van der Waals surface area contributed by atoms with E-state index in [2.05, 4.69) is 0 Å². The number of carboxylic acids is 1. The van der Waals surface area contributed by atoms with Gasteiger partial charge in [0, 0.05) is 12.6 Å². The molecule has 124 valence electrons. The van der Waals surface area contributed by atoms with Gasteiger partial charge < -0.3 is 10.0 Å². The summed E-state index contributed by atoms with van der Waals surface area (Å²) < 4.78 is 0. The Morgan fingerprint density at radius 1 is 1.13 bits per heavy atom. The number of carbonyl (C=O) groups is 2. The van der Waals surface area contributed by atoms with Gasteiger partial charge in [0.1, 0.15) is 6.04 Å². The molecule has 1 saturated carbocycles. The van der Waals surface area contributed by atoms with Gasteiger partial charge in [-0.2, -0.15) is 0 Å². The van der Waals surface area contributed by atoms with E-state index in [1.165, 1.54) is 0 Å². The Bertz CT molecular complexity index is 557. The van der Waals surface area contributed by atoms with Gasteiger partial charge in [0.05, 0.1) is 6.54 Å². The largest absolute Gasteiger partial charge is 0.480 e. The van der Waals surface area contributed by atoms with Crippen LogP contribution in [0.4, 0.5) is 0 Å². The lowest BCUT2D eigenvalue weighted by atomic mass is 10.0. The van der Waals surface area contributed by atoms with Gasteiger partial charge in [-0.25, -0.2) is 0 Å². The third-order valence-corrected chi connectivity index (χ3v) is 4.74. The summed E-state index contributed by atoms with van der Waals surface area (Å²) in [6.07, 6.45) is 4.66. The maximum Gasteiger partial charge on any atom is 0.320 e. The summed E-state index contributed by atoms with van der Waals surface area (Å²) in [5, 5.41) is 9.35. The smallest absolute Gasteiger partial charge is 0.320 e. The Balaban J connectivity index is 1.65. The highest BCUT2D eigenvalue weighted by Gasteiger charge is 2.35. The van der Waals surface area contributed by atoms with Crippen LogP contribution in [0.25, 0.3) is 0 Å². The topological polar surface area (TPSA) is 60.9 Å². The van der Waals surface area contributed by atoms with E-state index in [-0.39, 0.29) is 12.5 Å². The number of hydrogen-bond donors (Lipinski definition) is 1. The molecule has 1 aromatic carbocycles. The summed E-state index contributed by atoms with van der Waals surface area (Å²) in [6.45, 7) is 1.54. The minimum absolute atomic E-state index is 0.0597. The highest BCUT2D eigenvalue weighted by atomic mass is 16.4. The van der Waals surface area contributed by atoms with Gasteiger partial charge >= 0.3 is 5.97 Å². The highest BCUT2D eigenvalue weighted by molar-refractivity contribution is 5.80. The molecule has 5 nitrogen and oxygen atoms in total. The van der Waals surface area contributed by atoms with Crippen molar-refractivity contribution in [2.45, 2.75) is 50.7 Å². The zero-order chi connectivity index (χ0) is 16.2. The Morgan fingerprint density at radius 2 is 1.87 bits per heavy atom. The summed E-state index contributed by atoms with van der Waals surface area (Å²) in [5.41, 5.74) is 1.13. The molecular formula is C18H24N2O3. The molecule has 5 heteroatoms. The minimum Gasteiger partial charge on any atom is -0.480 e. The van der Waals surface area contributed by atoms with Crippen molar-refractivity contribution in [2.24, 2.45) is 0 Å². The van der Waals surface area contributed by atoms with Crippen molar-refractivity contribution >= 4 is 11.9 Å². The number of aliphatic carboxylic acids is 1. The van der Waals surface area contributed by atoms with E-state index in [9.17, 15) is 14.7 Å². The predicted molar refractivity (Wildman–Crippen MR) is 86.9 cm³/mol. The molecule has 1 heterocycles. The van der Waals surface area contributed by atoms with Crippen molar-refractivity contribution in [2.75, 3.05) is 13.1 Å². The molecule has 1 saturated heterocycles. The quantitative estimate of drug-likeness (QED) is 0.873. The number of hydrogen-bond acceptors (Lipinski definition) is 3. The van der Waals surface area contributed by atoms with Gasteiger partial charge in [-0.3, -0.25) is 14.5 Å². The average molecular weight is 316 g/mol. The monoisotopic (exact) mass is 316 g/mol. The molecule has 1 aliphatic heterocycles. The first-order valence-electron chi connectivity index (χ1n) is 8.45. The SMILES string of the molecule is O=C(O)C1CCCCN1CC(=O)N(Cc1ccccc1)C1CC1. The molecule has 23 heavy (non-hydrogen) atoms. The minimum atomic E-state index is -0.807. The number of piperidine rings is 1. The van der Waals surface area contributed by atoms with Gasteiger partial charge in [-0.1, -0.05) is 36.8 Å². The lowest BCUT2D eigenvalue weighted by Gasteiger charge is -2.34. The number of carboxylic acid groups (broad SMARTS) is 1. The van der Waals surface area contributed by atoms with Crippen LogP contribution in [0.15, 0.2) is 30.3 Å². The van der Waals surface area contributed by atoms with Crippen molar-refractivity contribution in [3.63, 3.8) is 0 Å². The van der Waals surface area contributed by atoms with Crippen LogP contribution in [-0.2, 0) is 16.1 Å². The van der Waals surface area contributed by atoms with Crippen LogP contribution in [0.1, 0.15) is 37.7 Å². The van der Waals surface area contributed by atoms with E-state index in [1.54, 1.807) is 0 Å². The fourth-order valence-electron chi connectivity index (χ4n) is 3.31. The summed E-state index contributed by atoms with van der Waals surface area (Å²) in [6, 6.07) is 9.82. The second-order valence-corrected chi connectivity index (χ2v) is 6.56. The van der Waals surface area contributed by atoms with Crippen LogP contribution in [0.3, 0.4) is 0 Å². The second-order valence-electron chi connectivity index (χ2n) is 6.56. The molecule has 0 radical (unpaired) electrons. The molecule has 1 aromatic rings. The lowest BCUT2D eigenvalue weighted by Crippen LogP contribution is -2.50. The number of carbonyl (C=O) groups excluding carboxylic acids is 1. The molecule has 0 spiro atoms. The Hall–Kier alpha value is -1.88. The van der Waals surface area contributed by atoms with Crippen molar-refractivity contribution in [1.82, 2.24) is 9.80 Å². The molecule has 3 rings (SSSR count). The standard InChI is InChI=1S/C18H24N2O3/c21-17(13-19-11-5-4-8-16(19)18(22)23)20(15-9-10-15)12-14-6-2-1-3-7-14/h1-3,6-7,15-16H,4-5,8-13H2,(H,22,23). The summed E-state index contributed by atoms with van der Waals surface area (Å²) in [5.74, 6) is -0.747. The van der Waals surface area contributed by atoms with E-state index in [1.807, 2.05) is 40.1 Å².